The average Bonchev–Trinajstić information content (AvgIpc) is 1.99. The lowest BCUT2D eigenvalue weighted by atomic mass is 10.1. The van der Waals surface area contributed by atoms with Gasteiger partial charge in [0.2, 0.25) is 0 Å². The van der Waals surface area contributed by atoms with Crippen molar-refractivity contribution in [2.24, 2.45) is 0 Å². The lowest BCUT2D eigenvalue weighted by Crippen LogP contribution is -2.42. The van der Waals surface area contributed by atoms with Gasteiger partial charge in [-0.15, -0.1) is 0 Å². The monoisotopic (exact) mass is 212 g/mol. The van der Waals surface area contributed by atoms with Gasteiger partial charge in [0, 0.05) is 11.6 Å². The van der Waals surface area contributed by atoms with Crippen LogP contribution in [0.15, 0.2) is 15.7 Å². The minimum absolute atomic E-state index is 0.309. The van der Waals surface area contributed by atoms with Crippen molar-refractivity contribution >= 4 is 5.97 Å². The summed E-state index contributed by atoms with van der Waals surface area (Å²) in [6, 6.07) is 0.898. The maximum atomic E-state index is 11.5. The quantitative estimate of drug-likeness (QED) is 0.684. The van der Waals surface area contributed by atoms with Crippen LogP contribution in [0.1, 0.15) is 31.3 Å². The molecule has 0 bridgehead atoms. The number of hydrogen-bond acceptors (Lipinski definition) is 3. The van der Waals surface area contributed by atoms with Crippen LogP contribution in [0.4, 0.5) is 0 Å². The molecule has 0 atom stereocenters. The number of nitrogens with one attached hydrogen (secondary N) is 1. The molecule has 2 N–H and O–H groups in total. The molecule has 15 heavy (non-hydrogen) atoms. The van der Waals surface area contributed by atoms with Crippen LogP contribution < -0.4 is 11.2 Å². The summed E-state index contributed by atoms with van der Waals surface area (Å²) in [5.74, 6) is -1.30. The molecular formula is C9H12N2O4. The Morgan fingerprint density at radius 3 is 2.33 bits per heavy atom. The minimum atomic E-state index is -1.30. The smallest absolute Gasteiger partial charge is 0.352 e. The van der Waals surface area contributed by atoms with Gasteiger partial charge in [0.25, 0.3) is 5.56 Å². The fourth-order valence-corrected chi connectivity index (χ4v) is 1.32. The van der Waals surface area contributed by atoms with E-state index in [1.807, 2.05) is 4.98 Å². The Balaban J connectivity index is 3.70. The van der Waals surface area contributed by atoms with Crippen molar-refractivity contribution in [1.82, 2.24) is 9.55 Å². The first kappa shape index (κ1) is 11.2. The molecule has 1 aromatic rings. The van der Waals surface area contributed by atoms with E-state index in [-0.39, 0.29) is 5.69 Å². The molecule has 0 radical (unpaired) electrons. The van der Waals surface area contributed by atoms with Crippen molar-refractivity contribution in [2.45, 2.75) is 26.3 Å². The molecule has 0 amide bonds. The topological polar surface area (TPSA) is 92.2 Å². The van der Waals surface area contributed by atoms with Crippen LogP contribution >= 0.6 is 0 Å². The highest BCUT2D eigenvalue weighted by Crippen LogP contribution is 2.12. The summed E-state index contributed by atoms with van der Waals surface area (Å²) in [4.78, 5) is 35.3. The third-order valence-electron chi connectivity index (χ3n) is 1.83. The summed E-state index contributed by atoms with van der Waals surface area (Å²) >= 11 is 0. The zero-order chi connectivity index (χ0) is 11.8. The van der Waals surface area contributed by atoms with E-state index >= 15 is 0 Å². The van der Waals surface area contributed by atoms with Crippen molar-refractivity contribution in [3.8, 4) is 0 Å². The Hall–Kier alpha value is -1.85. The van der Waals surface area contributed by atoms with Crippen LogP contribution in [0.25, 0.3) is 0 Å². The lowest BCUT2D eigenvalue weighted by Gasteiger charge is -2.23. The second-order valence-corrected chi connectivity index (χ2v) is 4.14. The van der Waals surface area contributed by atoms with E-state index in [4.69, 9.17) is 5.11 Å². The van der Waals surface area contributed by atoms with Crippen LogP contribution in [0, 0.1) is 0 Å². The summed E-state index contributed by atoms with van der Waals surface area (Å²) < 4.78 is 1.04. The van der Waals surface area contributed by atoms with Gasteiger partial charge in [-0.1, -0.05) is 0 Å². The van der Waals surface area contributed by atoms with Gasteiger partial charge in [-0.05, 0) is 20.8 Å². The number of hydrogen-bond donors (Lipinski definition) is 2. The van der Waals surface area contributed by atoms with Crippen molar-refractivity contribution in [3.05, 3.63) is 32.6 Å². The molecule has 0 fully saturated rings. The number of aromatic carboxylic acids is 1. The van der Waals surface area contributed by atoms with E-state index < -0.39 is 22.8 Å². The molecular weight excluding hydrogens is 200 g/mol. The largest absolute Gasteiger partial charge is 0.477 e. The number of aromatic amines is 1. The van der Waals surface area contributed by atoms with E-state index in [0.717, 1.165) is 10.6 Å². The van der Waals surface area contributed by atoms with Crippen LogP contribution in [-0.2, 0) is 5.54 Å². The van der Waals surface area contributed by atoms with E-state index in [1.54, 1.807) is 20.8 Å². The summed E-state index contributed by atoms with van der Waals surface area (Å²) in [6.07, 6.45) is 0. The minimum Gasteiger partial charge on any atom is -0.477 e. The molecule has 0 aliphatic rings. The second kappa shape index (κ2) is 3.38. The van der Waals surface area contributed by atoms with Gasteiger partial charge < -0.3 is 5.11 Å². The molecule has 0 saturated carbocycles. The van der Waals surface area contributed by atoms with Crippen LogP contribution in [0.5, 0.6) is 0 Å². The average molecular weight is 212 g/mol. The SMILES string of the molecule is CC(C)(C)n1c(C(=O)O)cc(=O)[nH]c1=O. The highest BCUT2D eigenvalue weighted by molar-refractivity contribution is 5.85. The van der Waals surface area contributed by atoms with Gasteiger partial charge in [-0.2, -0.15) is 0 Å². The normalized spacial score (nSPS) is 11.4. The summed E-state index contributed by atoms with van der Waals surface area (Å²) in [5, 5.41) is 8.87. The Bertz CT molecular complexity index is 504. The zero-order valence-electron chi connectivity index (χ0n) is 8.70. The summed E-state index contributed by atoms with van der Waals surface area (Å²) in [5.41, 5.74) is -2.43. The van der Waals surface area contributed by atoms with Crippen LogP contribution in [0.3, 0.4) is 0 Å². The Morgan fingerprint density at radius 2 is 1.93 bits per heavy atom. The Morgan fingerprint density at radius 1 is 1.40 bits per heavy atom. The fraction of sp³-hybridized carbons (Fsp3) is 0.444. The molecule has 0 saturated heterocycles. The third kappa shape index (κ3) is 2.15. The summed E-state index contributed by atoms with van der Waals surface area (Å²) in [6.45, 7) is 5.04. The zero-order valence-corrected chi connectivity index (χ0v) is 8.70. The second-order valence-electron chi connectivity index (χ2n) is 4.14. The first-order valence-corrected chi connectivity index (χ1v) is 4.33. The van der Waals surface area contributed by atoms with Gasteiger partial charge in [-0.25, -0.2) is 9.59 Å². The lowest BCUT2D eigenvalue weighted by molar-refractivity contribution is 0.0674. The van der Waals surface area contributed by atoms with E-state index in [2.05, 4.69) is 0 Å². The molecule has 0 aliphatic carbocycles. The maximum Gasteiger partial charge on any atom is 0.352 e. The highest BCUT2D eigenvalue weighted by Gasteiger charge is 2.22. The van der Waals surface area contributed by atoms with Gasteiger partial charge in [0.15, 0.2) is 0 Å². The predicted octanol–water partition coefficient (Wildman–Crippen LogP) is -0.0102. The third-order valence-corrected chi connectivity index (χ3v) is 1.83. The predicted molar refractivity (Wildman–Crippen MR) is 53.3 cm³/mol. The standard InChI is InChI=1S/C9H12N2O4/c1-9(2,3)11-5(7(13)14)4-6(12)10-8(11)15/h4H,1-3H3,(H,13,14)(H,10,12,15). The number of nitrogens with zero attached hydrogens (tertiary/aromatic N) is 1. The van der Waals surface area contributed by atoms with Crippen LogP contribution in [-0.4, -0.2) is 20.6 Å². The first-order chi connectivity index (χ1) is 6.73. The molecule has 1 heterocycles. The molecule has 1 rings (SSSR count). The van der Waals surface area contributed by atoms with E-state index in [1.165, 1.54) is 0 Å². The molecule has 0 aliphatic heterocycles. The number of carboxylic acids is 1. The van der Waals surface area contributed by atoms with E-state index in [9.17, 15) is 14.4 Å². The van der Waals surface area contributed by atoms with Crippen LogP contribution in [0.2, 0.25) is 0 Å². The first-order valence-electron chi connectivity index (χ1n) is 4.33. The molecule has 1 aromatic heterocycles. The molecule has 0 unspecified atom stereocenters. The maximum absolute atomic E-state index is 11.5. The molecule has 0 aromatic carbocycles. The molecule has 6 heteroatoms. The highest BCUT2D eigenvalue weighted by atomic mass is 16.4. The van der Waals surface area contributed by atoms with Crippen molar-refractivity contribution in [1.29, 1.82) is 0 Å². The number of aromatic nitrogens is 2. The molecule has 6 nitrogen and oxygen atoms in total. The number of carboxylic acid groups (broad SMARTS) is 1. The number of H-pyrrole nitrogens is 1. The van der Waals surface area contributed by atoms with Crippen molar-refractivity contribution in [2.75, 3.05) is 0 Å². The molecule has 0 spiro atoms. The van der Waals surface area contributed by atoms with Crippen molar-refractivity contribution in [3.63, 3.8) is 0 Å². The van der Waals surface area contributed by atoms with Gasteiger partial charge in [0.1, 0.15) is 5.69 Å². The molecule has 82 valence electrons. The van der Waals surface area contributed by atoms with Crippen molar-refractivity contribution < 1.29 is 9.90 Å². The summed E-state index contributed by atoms with van der Waals surface area (Å²) in [7, 11) is 0. The van der Waals surface area contributed by atoms with Gasteiger partial charge >= 0.3 is 11.7 Å². The fourth-order valence-electron chi connectivity index (χ4n) is 1.32. The number of carbonyl (C=O) groups is 1. The Labute approximate surface area is 85.2 Å². The van der Waals surface area contributed by atoms with Gasteiger partial charge in [0.05, 0.1) is 0 Å². The van der Waals surface area contributed by atoms with E-state index in [0.29, 0.717) is 0 Å². The Kier molecular flexibility index (Phi) is 2.53. The van der Waals surface area contributed by atoms with Gasteiger partial charge in [-0.3, -0.25) is 14.3 Å². The number of rotatable bonds is 1.